The van der Waals surface area contributed by atoms with Crippen LogP contribution in [-0.4, -0.2) is 11.7 Å². The number of carbonyl (C=O) groups is 1. The Morgan fingerprint density at radius 1 is 0.889 bits per heavy atom. The monoisotopic (exact) mass is 236 g/mol. The van der Waals surface area contributed by atoms with Crippen LogP contribution in [0.4, 0.5) is 0 Å². The van der Waals surface area contributed by atoms with Crippen LogP contribution in [0.15, 0.2) is 54.6 Å². The molecular formula is C16H12O2. The third-order valence-corrected chi connectivity index (χ3v) is 2.75. The minimum atomic E-state index is -0.0452. The minimum absolute atomic E-state index is 0.0452. The Balaban J connectivity index is 2.41. The Morgan fingerprint density at radius 2 is 1.50 bits per heavy atom. The van der Waals surface area contributed by atoms with E-state index >= 15 is 0 Å². The highest BCUT2D eigenvalue weighted by Crippen LogP contribution is 2.15. The second-order valence-electron chi connectivity index (χ2n) is 4.00. The van der Waals surface area contributed by atoms with Gasteiger partial charge < -0.3 is 0 Å². The van der Waals surface area contributed by atoms with Gasteiger partial charge in [0.25, 0.3) is 0 Å². The quantitative estimate of drug-likeness (QED) is 0.606. The molecular weight excluding hydrogens is 224 g/mol. The number of rotatable bonds is 3. The Kier molecular flexibility index (Phi) is 3.52. The zero-order chi connectivity index (χ0) is 13.0. The first-order chi connectivity index (χ1) is 8.72. The molecule has 0 atom stereocenters. The summed E-state index contributed by atoms with van der Waals surface area (Å²) >= 11 is 0. The molecule has 0 bridgehead atoms. The molecule has 2 aromatic rings. The maximum Gasteiger partial charge on any atom is 0.193 e. The van der Waals surface area contributed by atoms with Crippen LogP contribution in [0.2, 0.25) is 0 Å². The van der Waals surface area contributed by atoms with E-state index in [9.17, 15) is 9.59 Å². The van der Waals surface area contributed by atoms with Crippen molar-refractivity contribution in [2.24, 2.45) is 0 Å². The zero-order valence-corrected chi connectivity index (χ0v) is 10.0. The summed E-state index contributed by atoms with van der Waals surface area (Å²) in [4.78, 5) is 22.8. The summed E-state index contributed by atoms with van der Waals surface area (Å²) in [5.41, 5.74) is 2.44. The molecule has 2 rings (SSSR count). The van der Waals surface area contributed by atoms with Gasteiger partial charge in [0.1, 0.15) is 5.94 Å². The number of ketones is 1. The fourth-order valence-electron chi connectivity index (χ4n) is 1.71. The van der Waals surface area contributed by atoms with Gasteiger partial charge in [-0.15, -0.1) is 0 Å². The summed E-state index contributed by atoms with van der Waals surface area (Å²) < 4.78 is 0. The molecule has 0 unspecified atom stereocenters. The van der Waals surface area contributed by atoms with Gasteiger partial charge in [-0.05, 0) is 18.6 Å². The molecule has 0 aliphatic heterocycles. The van der Waals surface area contributed by atoms with Gasteiger partial charge in [0.15, 0.2) is 5.78 Å². The van der Waals surface area contributed by atoms with Gasteiger partial charge in [-0.1, -0.05) is 48.5 Å². The van der Waals surface area contributed by atoms with Gasteiger partial charge in [-0.2, -0.15) is 0 Å². The molecule has 0 aliphatic rings. The summed E-state index contributed by atoms with van der Waals surface area (Å²) in [6, 6.07) is 16.1. The second-order valence-corrected chi connectivity index (χ2v) is 4.00. The van der Waals surface area contributed by atoms with E-state index in [0.29, 0.717) is 16.7 Å². The maximum absolute atomic E-state index is 12.2. The molecule has 0 aliphatic carbocycles. The van der Waals surface area contributed by atoms with Crippen LogP contribution in [0.3, 0.4) is 0 Å². The second kappa shape index (κ2) is 5.26. The number of hydrogen-bond acceptors (Lipinski definition) is 2. The first-order valence-electron chi connectivity index (χ1n) is 5.64. The van der Waals surface area contributed by atoms with Crippen LogP contribution in [-0.2, 0) is 4.79 Å². The van der Waals surface area contributed by atoms with Crippen molar-refractivity contribution >= 4 is 17.3 Å². The Bertz CT molecular complexity index is 621. The molecule has 0 amide bonds. The van der Waals surface area contributed by atoms with Crippen LogP contribution in [0.1, 0.15) is 28.4 Å². The van der Waals surface area contributed by atoms with Gasteiger partial charge in [-0.25, -0.2) is 4.79 Å². The van der Waals surface area contributed by atoms with Crippen LogP contribution < -0.4 is 0 Å². The maximum atomic E-state index is 12.2. The van der Waals surface area contributed by atoms with Crippen molar-refractivity contribution in [1.82, 2.24) is 0 Å². The van der Waals surface area contributed by atoms with E-state index in [4.69, 9.17) is 0 Å². The van der Waals surface area contributed by atoms with Crippen molar-refractivity contribution in [2.75, 3.05) is 0 Å². The molecule has 2 heteroatoms. The molecule has 0 N–H and O–H groups in total. The lowest BCUT2D eigenvalue weighted by Crippen LogP contribution is -2.01. The van der Waals surface area contributed by atoms with E-state index in [1.54, 1.807) is 43.3 Å². The van der Waals surface area contributed by atoms with Crippen molar-refractivity contribution in [2.45, 2.75) is 6.92 Å². The average molecular weight is 236 g/mol. The van der Waals surface area contributed by atoms with Gasteiger partial charge in [0.2, 0.25) is 0 Å². The molecule has 2 aromatic carbocycles. The Morgan fingerprint density at radius 3 is 2.17 bits per heavy atom. The molecule has 88 valence electrons. The summed E-state index contributed by atoms with van der Waals surface area (Å²) in [5.74, 6) is 1.80. The van der Waals surface area contributed by atoms with Crippen LogP contribution in [0.5, 0.6) is 0 Å². The smallest absolute Gasteiger partial charge is 0.193 e. The van der Waals surface area contributed by atoms with Gasteiger partial charge in [-0.3, -0.25) is 4.79 Å². The van der Waals surface area contributed by atoms with Crippen LogP contribution >= 0.6 is 0 Å². The van der Waals surface area contributed by atoms with Crippen LogP contribution in [0.25, 0.3) is 5.57 Å². The summed E-state index contributed by atoms with van der Waals surface area (Å²) in [6.45, 7) is 1.68. The van der Waals surface area contributed by atoms with Gasteiger partial charge >= 0.3 is 0 Å². The van der Waals surface area contributed by atoms with E-state index < -0.39 is 0 Å². The zero-order valence-electron chi connectivity index (χ0n) is 10.0. The Hall–Kier alpha value is -2.44. The van der Waals surface area contributed by atoms with Crippen molar-refractivity contribution in [3.8, 4) is 0 Å². The summed E-state index contributed by atoms with van der Waals surface area (Å²) in [6.07, 6.45) is 0. The molecule has 2 nitrogen and oxygen atoms in total. The van der Waals surface area contributed by atoms with Crippen LogP contribution in [0, 0.1) is 0 Å². The topological polar surface area (TPSA) is 34.1 Å². The Labute approximate surface area is 106 Å². The number of carbonyl (C=O) groups excluding carboxylic acids is 2. The minimum Gasteiger partial charge on any atom is -0.289 e. The van der Waals surface area contributed by atoms with Gasteiger partial charge in [0.05, 0.1) is 0 Å². The van der Waals surface area contributed by atoms with Crippen molar-refractivity contribution in [3.05, 3.63) is 71.3 Å². The lowest BCUT2D eigenvalue weighted by atomic mass is 9.99. The molecule has 0 aromatic heterocycles. The molecule has 0 radical (unpaired) electrons. The average Bonchev–Trinajstić information content (AvgIpc) is 2.46. The van der Waals surface area contributed by atoms with Crippen molar-refractivity contribution in [1.29, 1.82) is 0 Å². The third-order valence-electron chi connectivity index (χ3n) is 2.75. The number of hydrogen-bond donors (Lipinski definition) is 0. The number of benzene rings is 2. The van der Waals surface area contributed by atoms with Crippen molar-refractivity contribution in [3.63, 3.8) is 0 Å². The van der Waals surface area contributed by atoms with E-state index in [0.717, 1.165) is 5.56 Å². The lowest BCUT2D eigenvalue weighted by Gasteiger charge is -2.03. The lowest BCUT2D eigenvalue weighted by molar-refractivity contribution is 0.103. The highest BCUT2D eigenvalue weighted by Gasteiger charge is 2.09. The van der Waals surface area contributed by atoms with E-state index in [1.807, 2.05) is 24.1 Å². The predicted molar refractivity (Wildman–Crippen MR) is 71.1 cm³/mol. The van der Waals surface area contributed by atoms with Crippen molar-refractivity contribution < 1.29 is 9.59 Å². The molecule has 0 spiro atoms. The first-order valence-corrected chi connectivity index (χ1v) is 5.64. The third kappa shape index (κ3) is 2.45. The van der Waals surface area contributed by atoms with E-state index in [-0.39, 0.29) is 5.78 Å². The summed E-state index contributed by atoms with van der Waals surface area (Å²) in [7, 11) is 0. The van der Waals surface area contributed by atoms with E-state index in [2.05, 4.69) is 0 Å². The predicted octanol–water partition coefficient (Wildman–Crippen LogP) is 3.15. The normalized spacial score (nSPS) is 9.61. The summed E-state index contributed by atoms with van der Waals surface area (Å²) in [5, 5.41) is 0. The molecule has 0 saturated carbocycles. The molecule has 18 heavy (non-hydrogen) atoms. The van der Waals surface area contributed by atoms with E-state index in [1.165, 1.54) is 0 Å². The highest BCUT2D eigenvalue weighted by molar-refractivity contribution is 6.09. The molecule has 0 fully saturated rings. The largest absolute Gasteiger partial charge is 0.289 e. The molecule has 0 saturated heterocycles. The SMILES string of the molecule is CC(=C=O)c1cccc(C(=O)c2ccccc2)c1. The standard InChI is InChI=1S/C16H12O2/c1-12(11-17)14-8-5-9-15(10-14)16(18)13-6-3-2-4-7-13/h2-10H,1H3. The number of allylic oxidation sites excluding steroid dienone is 1. The van der Waals surface area contributed by atoms with Gasteiger partial charge in [0, 0.05) is 16.7 Å². The molecule has 0 heterocycles. The fraction of sp³-hybridized carbons (Fsp3) is 0.0625. The fourth-order valence-corrected chi connectivity index (χ4v) is 1.71. The first kappa shape index (κ1) is 12.0. The highest BCUT2D eigenvalue weighted by atomic mass is 16.1.